The molecule has 4 rings (SSSR count). The number of nitrogens with one attached hydrogen (secondary N) is 2. The molecule has 0 aliphatic heterocycles. The minimum Gasteiger partial charge on any atom is -0.672 e. The van der Waals surface area contributed by atoms with Gasteiger partial charge in [0, 0.05) is 63.7 Å². The molecule has 0 spiro atoms. The molecule has 4 aromatic rings. The van der Waals surface area contributed by atoms with Crippen LogP contribution in [0.4, 0.5) is 5.82 Å². The van der Waals surface area contributed by atoms with Crippen LogP contribution in [0.25, 0.3) is 16.7 Å². The Kier molecular flexibility index (Phi) is 24.1. The third-order valence-electron chi connectivity index (χ3n) is 4.81. The number of fused-ring (bicyclic) bond motifs is 1. The topological polar surface area (TPSA) is 123 Å². The minimum absolute atomic E-state index is 0. The van der Waals surface area contributed by atoms with Crippen LogP contribution in [-0.2, 0) is 45.7 Å². The molecule has 0 aliphatic carbocycles. The molecule has 0 aliphatic rings. The average Bonchev–Trinajstić information content (AvgIpc) is 3.46. The maximum Gasteiger partial charge on any atom is 0.219 e. The summed E-state index contributed by atoms with van der Waals surface area (Å²) in [5.74, 6) is 2.75. The second-order valence-electron chi connectivity index (χ2n) is 6.82. The van der Waals surface area contributed by atoms with Crippen LogP contribution in [-0.4, -0.2) is 36.6 Å². The van der Waals surface area contributed by atoms with E-state index in [1.165, 1.54) is 17.5 Å². The summed E-state index contributed by atoms with van der Waals surface area (Å²) in [5, 5.41) is 11.9. The maximum atomic E-state index is 7.47. The van der Waals surface area contributed by atoms with E-state index in [1.54, 1.807) is 44.6 Å². The monoisotopic (exact) mass is 662 g/mol. The number of methoxy groups -OCH3 is 2. The van der Waals surface area contributed by atoms with E-state index in [9.17, 15) is 0 Å². The molecule has 0 atom stereocenters. The summed E-state index contributed by atoms with van der Waals surface area (Å²) < 4.78 is 25.7. The van der Waals surface area contributed by atoms with Crippen molar-refractivity contribution in [2.24, 2.45) is 0 Å². The molecule has 11 heteroatoms. The van der Waals surface area contributed by atoms with E-state index < -0.39 is 0 Å². The molecule has 0 saturated heterocycles. The number of anilines is 1. The zero-order chi connectivity index (χ0) is 30.5. The van der Waals surface area contributed by atoms with Crippen LogP contribution in [0.1, 0.15) is 59.7 Å². The van der Waals surface area contributed by atoms with Crippen molar-refractivity contribution in [1.29, 1.82) is 0 Å². The first-order chi connectivity index (χ1) is 19.6. The Morgan fingerprint density at radius 1 is 0.927 bits per heavy atom. The maximum absolute atomic E-state index is 7.47. The van der Waals surface area contributed by atoms with Crippen molar-refractivity contribution in [3.05, 3.63) is 65.5 Å². The number of aliphatic hydroxyl groups excluding tert-OH is 1. The number of aryl methyl sites for hydroxylation is 1. The molecule has 0 fully saturated rings. The molecular weight excluding hydrogens is 617 g/mol. The van der Waals surface area contributed by atoms with Gasteiger partial charge in [-0.25, -0.2) is 4.98 Å². The van der Waals surface area contributed by atoms with Gasteiger partial charge < -0.3 is 34.3 Å². The van der Waals surface area contributed by atoms with Crippen molar-refractivity contribution >= 4 is 28.7 Å². The van der Waals surface area contributed by atoms with Crippen LogP contribution in [0.3, 0.4) is 0 Å². The zero-order valence-electron chi connectivity index (χ0n) is 26.0. The fourth-order valence-corrected chi connectivity index (χ4v) is 3.97. The molecule has 0 unspecified atom stereocenters. The Balaban J connectivity index is 0. The van der Waals surface area contributed by atoms with Gasteiger partial charge in [-0.1, -0.05) is 65.8 Å². The molecule has 2 aromatic heterocycles. The standard InChI is InChI=1S/C23H23N4O4S.3C2H6.CH4O.Y/c1-4-14-8-9-17(28-2)20(10-14)32-27-23-22-18(29-3)11-16(12-19(22)31-26-23)30-21-7-5-6-15(13-24)25-21;4*1-2;/h5-12,24H,4,13H2,1-3H3,(H,26,27);3*1-2H3;2H,1H3;/q-1;;;;;. The Labute approximate surface area is 274 Å². The third-order valence-corrected chi connectivity index (χ3v) is 5.64. The van der Waals surface area contributed by atoms with E-state index in [2.05, 4.69) is 27.9 Å². The number of aliphatic hydroxyl groups is 1. The van der Waals surface area contributed by atoms with Crippen molar-refractivity contribution in [3.63, 3.8) is 0 Å². The Morgan fingerprint density at radius 3 is 2.17 bits per heavy atom. The summed E-state index contributed by atoms with van der Waals surface area (Å²) >= 11 is 1.39. The van der Waals surface area contributed by atoms with E-state index in [1.807, 2.05) is 53.7 Å². The fourth-order valence-electron chi connectivity index (χ4n) is 3.16. The minimum atomic E-state index is 0. The normalized spacial score (nSPS) is 9.07. The summed E-state index contributed by atoms with van der Waals surface area (Å²) in [4.78, 5) is 5.24. The number of hydrogen-bond donors (Lipinski definition) is 2. The molecule has 0 saturated carbocycles. The van der Waals surface area contributed by atoms with Crippen LogP contribution >= 0.6 is 11.9 Å². The third kappa shape index (κ3) is 12.2. The first kappa shape index (κ1) is 40.8. The van der Waals surface area contributed by atoms with Crippen LogP contribution < -0.4 is 18.9 Å². The average molecular weight is 663 g/mol. The summed E-state index contributed by atoms with van der Waals surface area (Å²) in [7, 11) is 4.23. The van der Waals surface area contributed by atoms with Gasteiger partial charge in [-0.2, -0.15) is 0 Å². The van der Waals surface area contributed by atoms with Crippen molar-refractivity contribution in [2.45, 2.75) is 66.3 Å². The zero-order valence-corrected chi connectivity index (χ0v) is 29.6. The molecule has 225 valence electrons. The van der Waals surface area contributed by atoms with Gasteiger partial charge in [0.05, 0.1) is 19.1 Å². The molecule has 2 heterocycles. The van der Waals surface area contributed by atoms with Crippen molar-refractivity contribution in [1.82, 2.24) is 10.1 Å². The largest absolute Gasteiger partial charge is 0.672 e. The van der Waals surface area contributed by atoms with E-state index in [0.717, 1.165) is 24.2 Å². The van der Waals surface area contributed by atoms with E-state index in [4.69, 9.17) is 29.6 Å². The van der Waals surface area contributed by atoms with Gasteiger partial charge in [-0.05, 0) is 42.1 Å². The first-order valence-electron chi connectivity index (χ1n) is 13.5. The summed E-state index contributed by atoms with van der Waals surface area (Å²) in [5.41, 5.74) is 9.81. The number of ether oxygens (including phenoxy) is 3. The van der Waals surface area contributed by atoms with E-state index >= 15 is 0 Å². The number of rotatable bonds is 9. The van der Waals surface area contributed by atoms with E-state index in [0.29, 0.717) is 39.9 Å². The predicted molar refractivity (Wildman–Crippen MR) is 167 cm³/mol. The number of pyridine rings is 1. The van der Waals surface area contributed by atoms with Crippen LogP contribution in [0.15, 0.2) is 57.9 Å². The van der Waals surface area contributed by atoms with Crippen molar-refractivity contribution < 1.29 is 56.5 Å². The second-order valence-corrected chi connectivity index (χ2v) is 7.67. The van der Waals surface area contributed by atoms with Gasteiger partial charge in [-0.3, -0.25) is 0 Å². The summed E-state index contributed by atoms with van der Waals surface area (Å²) in [6.45, 7) is 14.2. The van der Waals surface area contributed by atoms with Gasteiger partial charge in [0.25, 0.3) is 0 Å². The van der Waals surface area contributed by atoms with Crippen LogP contribution in [0, 0.1) is 0 Å². The predicted octanol–water partition coefficient (Wildman–Crippen LogP) is 8.95. The number of aromatic nitrogens is 2. The smallest absolute Gasteiger partial charge is 0.219 e. The van der Waals surface area contributed by atoms with E-state index in [-0.39, 0.29) is 39.3 Å². The SMILES string of the molecule is CC.CC.CC.CCc1ccc(OC)c(SNc2noc3cc(Oc4cccc(C[NH-])n4)cc(OC)c23)c1.CO.[Y]. The molecular formula is C30H45N4O5SY-. The Bertz CT molecular complexity index is 1240. The van der Waals surface area contributed by atoms with Gasteiger partial charge in [-0.15, -0.1) is 6.54 Å². The summed E-state index contributed by atoms with van der Waals surface area (Å²) in [6, 6.07) is 14.9. The molecule has 41 heavy (non-hydrogen) atoms. The molecule has 1 radical (unpaired) electrons. The molecule has 9 nitrogen and oxygen atoms in total. The van der Waals surface area contributed by atoms with Crippen LogP contribution in [0.2, 0.25) is 0 Å². The molecule has 0 amide bonds. The Morgan fingerprint density at radius 2 is 1.59 bits per heavy atom. The second kappa shape index (κ2) is 24.3. The molecule has 3 N–H and O–H groups in total. The molecule has 2 aromatic carbocycles. The van der Waals surface area contributed by atoms with Crippen molar-refractivity contribution in [3.8, 4) is 23.1 Å². The number of benzene rings is 2. The van der Waals surface area contributed by atoms with Gasteiger partial charge in [0.15, 0.2) is 11.4 Å². The van der Waals surface area contributed by atoms with Crippen LogP contribution in [0.5, 0.6) is 23.1 Å². The fraction of sp³-hybridized carbons (Fsp3) is 0.400. The number of nitrogens with zero attached hydrogens (tertiary/aromatic N) is 2. The van der Waals surface area contributed by atoms with Gasteiger partial charge in [0.2, 0.25) is 5.88 Å². The summed E-state index contributed by atoms with van der Waals surface area (Å²) in [6.07, 6.45) is 0.931. The first-order valence-corrected chi connectivity index (χ1v) is 14.3. The molecule has 0 bridgehead atoms. The quantitative estimate of drug-likeness (QED) is 0.169. The Hall–Kier alpha value is -2.37. The number of hydrogen-bond acceptors (Lipinski definition) is 9. The van der Waals surface area contributed by atoms with Gasteiger partial charge in [0.1, 0.15) is 22.6 Å². The van der Waals surface area contributed by atoms with Gasteiger partial charge >= 0.3 is 0 Å². The van der Waals surface area contributed by atoms with Crippen molar-refractivity contribution in [2.75, 3.05) is 26.1 Å².